The Kier molecular flexibility index (Phi) is 4.97. The number of carbonyl (C=O) groups is 1. The van der Waals surface area contributed by atoms with Gasteiger partial charge in [0.2, 0.25) is 0 Å². The lowest BCUT2D eigenvalue weighted by molar-refractivity contribution is 0.102. The number of thiazole rings is 1. The van der Waals surface area contributed by atoms with Crippen LogP contribution in [0.1, 0.15) is 27.9 Å². The third kappa shape index (κ3) is 3.66. The Morgan fingerprint density at radius 2 is 1.96 bits per heavy atom. The molecule has 0 fully saturated rings. The summed E-state index contributed by atoms with van der Waals surface area (Å²) in [5.74, 6) is -0.139. The van der Waals surface area contributed by atoms with Gasteiger partial charge in [-0.3, -0.25) is 4.79 Å². The van der Waals surface area contributed by atoms with E-state index in [9.17, 15) is 4.79 Å². The minimum Gasteiger partial charge on any atom is -0.322 e. The number of nitrogens with zero attached hydrogens (tertiary/aromatic N) is 1. The quantitative estimate of drug-likeness (QED) is 0.662. The predicted octanol–water partition coefficient (Wildman–Crippen LogP) is 5.59. The standard InChI is InChI=1S/C19H17ClN2OS/c1-3-18-21-17(11-24-18)13-4-6-14(7-5-13)19(23)22-16-9-8-15(20)10-12(16)2/h4-11H,3H2,1-2H3,(H,22,23). The lowest BCUT2D eigenvalue weighted by Gasteiger charge is -2.09. The number of aromatic nitrogens is 1. The van der Waals surface area contributed by atoms with Gasteiger partial charge in [0.25, 0.3) is 5.91 Å². The zero-order chi connectivity index (χ0) is 17.1. The first-order chi connectivity index (χ1) is 11.6. The predicted molar refractivity (Wildman–Crippen MR) is 101 cm³/mol. The minimum absolute atomic E-state index is 0.139. The van der Waals surface area contributed by atoms with Crippen molar-refractivity contribution in [2.24, 2.45) is 0 Å². The van der Waals surface area contributed by atoms with E-state index in [4.69, 9.17) is 11.6 Å². The molecule has 1 heterocycles. The number of carbonyl (C=O) groups excluding carboxylic acids is 1. The van der Waals surface area contributed by atoms with Crippen LogP contribution in [0.25, 0.3) is 11.3 Å². The van der Waals surface area contributed by atoms with Gasteiger partial charge in [-0.25, -0.2) is 4.98 Å². The van der Waals surface area contributed by atoms with Gasteiger partial charge >= 0.3 is 0 Å². The molecule has 1 amide bonds. The number of amides is 1. The van der Waals surface area contributed by atoms with E-state index in [0.717, 1.165) is 33.9 Å². The Morgan fingerprint density at radius 3 is 2.58 bits per heavy atom. The minimum atomic E-state index is -0.139. The second-order valence-electron chi connectivity index (χ2n) is 5.47. The Bertz CT molecular complexity index is 871. The summed E-state index contributed by atoms with van der Waals surface area (Å²) in [6.07, 6.45) is 0.936. The molecule has 24 heavy (non-hydrogen) atoms. The van der Waals surface area contributed by atoms with Crippen molar-refractivity contribution in [1.82, 2.24) is 4.98 Å². The van der Waals surface area contributed by atoms with Gasteiger partial charge in [0.05, 0.1) is 10.7 Å². The van der Waals surface area contributed by atoms with Crippen LogP contribution in [0.2, 0.25) is 5.02 Å². The van der Waals surface area contributed by atoms with Crippen LogP contribution >= 0.6 is 22.9 Å². The second-order valence-corrected chi connectivity index (χ2v) is 6.85. The Hall–Kier alpha value is -2.17. The van der Waals surface area contributed by atoms with Crippen molar-refractivity contribution in [1.29, 1.82) is 0 Å². The monoisotopic (exact) mass is 356 g/mol. The number of nitrogens with one attached hydrogen (secondary N) is 1. The fourth-order valence-electron chi connectivity index (χ4n) is 2.36. The molecule has 0 saturated heterocycles. The molecule has 0 unspecified atom stereocenters. The topological polar surface area (TPSA) is 42.0 Å². The molecule has 0 aliphatic heterocycles. The van der Waals surface area contributed by atoms with Gasteiger partial charge in [-0.05, 0) is 49.2 Å². The maximum atomic E-state index is 12.4. The number of halogens is 1. The highest BCUT2D eigenvalue weighted by Crippen LogP contribution is 2.24. The molecule has 3 aromatic rings. The van der Waals surface area contributed by atoms with Gasteiger partial charge < -0.3 is 5.32 Å². The van der Waals surface area contributed by atoms with Crippen LogP contribution in [0.5, 0.6) is 0 Å². The van der Waals surface area contributed by atoms with Crippen LogP contribution < -0.4 is 5.32 Å². The van der Waals surface area contributed by atoms with Crippen molar-refractivity contribution in [3.63, 3.8) is 0 Å². The first-order valence-corrected chi connectivity index (χ1v) is 8.95. The summed E-state index contributed by atoms with van der Waals surface area (Å²) >= 11 is 7.60. The number of hydrogen-bond donors (Lipinski definition) is 1. The largest absolute Gasteiger partial charge is 0.322 e. The molecule has 0 aliphatic carbocycles. The van der Waals surface area contributed by atoms with Crippen molar-refractivity contribution in [2.45, 2.75) is 20.3 Å². The summed E-state index contributed by atoms with van der Waals surface area (Å²) in [5, 5.41) is 6.73. The molecule has 1 aromatic heterocycles. The Labute approximate surface area is 150 Å². The highest BCUT2D eigenvalue weighted by atomic mass is 35.5. The molecule has 0 radical (unpaired) electrons. The average molecular weight is 357 g/mol. The van der Waals surface area contributed by atoms with Crippen molar-refractivity contribution in [3.05, 3.63) is 69.0 Å². The van der Waals surface area contributed by atoms with Crippen LogP contribution in [-0.2, 0) is 6.42 Å². The molecular formula is C19H17ClN2OS. The van der Waals surface area contributed by atoms with E-state index in [2.05, 4.69) is 17.2 Å². The number of rotatable bonds is 4. The summed E-state index contributed by atoms with van der Waals surface area (Å²) < 4.78 is 0. The van der Waals surface area contributed by atoms with E-state index < -0.39 is 0 Å². The number of benzene rings is 2. The van der Waals surface area contributed by atoms with Crippen LogP contribution in [0, 0.1) is 6.92 Å². The molecule has 1 N–H and O–H groups in total. The lowest BCUT2D eigenvalue weighted by atomic mass is 10.1. The van der Waals surface area contributed by atoms with Gasteiger partial charge in [-0.1, -0.05) is 30.7 Å². The summed E-state index contributed by atoms with van der Waals surface area (Å²) in [6.45, 7) is 4.01. The second kappa shape index (κ2) is 7.16. The fourth-order valence-corrected chi connectivity index (χ4v) is 3.34. The Morgan fingerprint density at radius 1 is 1.21 bits per heavy atom. The molecule has 0 aliphatic rings. The third-order valence-corrected chi connectivity index (χ3v) is 4.96. The fraction of sp³-hybridized carbons (Fsp3) is 0.158. The summed E-state index contributed by atoms with van der Waals surface area (Å²) in [6, 6.07) is 12.9. The molecule has 0 atom stereocenters. The van der Waals surface area contributed by atoms with Gasteiger partial charge in [0.1, 0.15) is 0 Å². The maximum absolute atomic E-state index is 12.4. The Balaban J connectivity index is 1.76. The van der Waals surface area contributed by atoms with E-state index in [1.807, 2.05) is 48.7 Å². The van der Waals surface area contributed by atoms with E-state index in [1.54, 1.807) is 17.4 Å². The average Bonchev–Trinajstić information content (AvgIpc) is 3.06. The summed E-state index contributed by atoms with van der Waals surface area (Å²) in [4.78, 5) is 17.0. The molecule has 122 valence electrons. The van der Waals surface area contributed by atoms with Crippen LogP contribution in [0.3, 0.4) is 0 Å². The molecular weight excluding hydrogens is 340 g/mol. The highest BCUT2D eigenvalue weighted by molar-refractivity contribution is 7.09. The molecule has 0 spiro atoms. The van der Waals surface area contributed by atoms with Gasteiger partial charge in [-0.15, -0.1) is 11.3 Å². The number of hydrogen-bond acceptors (Lipinski definition) is 3. The molecule has 5 heteroatoms. The zero-order valence-electron chi connectivity index (χ0n) is 13.5. The van der Waals surface area contributed by atoms with Crippen molar-refractivity contribution in [2.75, 3.05) is 5.32 Å². The van der Waals surface area contributed by atoms with E-state index >= 15 is 0 Å². The van der Waals surface area contributed by atoms with E-state index in [-0.39, 0.29) is 5.91 Å². The molecule has 3 rings (SSSR count). The van der Waals surface area contributed by atoms with Gasteiger partial charge in [0.15, 0.2) is 0 Å². The molecule has 2 aromatic carbocycles. The van der Waals surface area contributed by atoms with Crippen molar-refractivity contribution >= 4 is 34.5 Å². The zero-order valence-corrected chi connectivity index (χ0v) is 15.0. The first kappa shape index (κ1) is 16.7. The van der Waals surface area contributed by atoms with Gasteiger partial charge in [-0.2, -0.15) is 0 Å². The van der Waals surface area contributed by atoms with Crippen molar-refractivity contribution < 1.29 is 4.79 Å². The molecule has 0 saturated carbocycles. The van der Waals surface area contributed by atoms with Crippen molar-refractivity contribution in [3.8, 4) is 11.3 Å². The normalized spacial score (nSPS) is 10.6. The lowest BCUT2D eigenvalue weighted by Crippen LogP contribution is -2.12. The van der Waals surface area contributed by atoms with E-state index in [1.165, 1.54) is 0 Å². The van der Waals surface area contributed by atoms with Crippen LogP contribution in [0.15, 0.2) is 47.8 Å². The number of anilines is 1. The smallest absolute Gasteiger partial charge is 0.255 e. The highest BCUT2D eigenvalue weighted by Gasteiger charge is 2.09. The molecule has 3 nitrogen and oxygen atoms in total. The summed E-state index contributed by atoms with van der Waals surface area (Å²) in [7, 11) is 0. The van der Waals surface area contributed by atoms with E-state index in [0.29, 0.717) is 10.6 Å². The maximum Gasteiger partial charge on any atom is 0.255 e. The SMILES string of the molecule is CCc1nc(-c2ccc(C(=O)Nc3ccc(Cl)cc3C)cc2)cs1. The van der Waals surface area contributed by atoms with Gasteiger partial charge in [0, 0.05) is 27.2 Å². The first-order valence-electron chi connectivity index (χ1n) is 7.69. The van der Waals surface area contributed by atoms with Crippen LogP contribution in [-0.4, -0.2) is 10.9 Å². The van der Waals surface area contributed by atoms with Crippen LogP contribution in [0.4, 0.5) is 5.69 Å². The molecule has 0 bridgehead atoms. The third-order valence-electron chi connectivity index (χ3n) is 3.73. The summed E-state index contributed by atoms with van der Waals surface area (Å²) in [5.41, 5.74) is 4.28. The number of aryl methyl sites for hydroxylation is 2.